The second kappa shape index (κ2) is 40.6. The molecule has 10 N–H and O–H groups in total. The van der Waals surface area contributed by atoms with E-state index in [9.17, 15) is 50.3 Å². The lowest BCUT2D eigenvalue weighted by Crippen LogP contribution is -2.60. The Morgan fingerprint density at radius 1 is 0.376 bits per heavy atom. The Hall–Kier alpha value is -12.7. The van der Waals surface area contributed by atoms with Crippen LogP contribution in [0.1, 0.15) is 170 Å². The number of aromatic nitrogens is 3. The minimum atomic E-state index is -2.72. The molecule has 7 aliphatic carbocycles. The highest BCUT2D eigenvalue weighted by Gasteiger charge is 2.64. The van der Waals surface area contributed by atoms with Gasteiger partial charge in [0.25, 0.3) is 5.92 Å². The molecule has 0 radical (unpaired) electrons. The van der Waals surface area contributed by atoms with Crippen molar-refractivity contribution in [2.24, 2.45) is 119 Å². The number of aliphatic imine (C=N–C) groups is 5. The Morgan fingerprint density at radius 2 is 0.678 bits per heavy atom. The van der Waals surface area contributed by atoms with Crippen LogP contribution in [0.3, 0.4) is 0 Å². The molecule has 10 aliphatic heterocycles. The number of hydrogen-bond acceptors (Lipinski definition) is 27. The van der Waals surface area contributed by atoms with Gasteiger partial charge >= 0.3 is 0 Å². The Morgan fingerprint density at radius 3 is 0.980 bits per heavy atom. The van der Waals surface area contributed by atoms with Crippen molar-refractivity contribution in [3.8, 4) is 40.3 Å². The van der Waals surface area contributed by atoms with E-state index in [4.69, 9.17) is 76.0 Å². The van der Waals surface area contributed by atoms with Crippen LogP contribution in [0.2, 0.25) is 0 Å². The molecular weight excluding hydrogens is 1950 g/mol. The number of hydrogen-bond donors (Lipinski definition) is 5. The fourth-order valence-electron chi connectivity index (χ4n) is 23.1. The molecule has 7 aromatic rings. The van der Waals surface area contributed by atoms with Gasteiger partial charge in [-0.25, -0.2) is 74.1 Å². The highest BCUT2D eigenvalue weighted by atomic mass is 19.3. The number of carbonyl (C=O) groups is 5. The quantitative estimate of drug-likeness (QED) is 0.0371. The summed E-state index contributed by atoms with van der Waals surface area (Å²) in [6.07, 6.45) is 17.4. The van der Waals surface area contributed by atoms with Crippen LogP contribution in [-0.2, 0) is 75.4 Å². The molecule has 12 fully saturated rings. The number of alkyl halides is 4. The summed E-state index contributed by atoms with van der Waals surface area (Å²) in [4.78, 5) is 99.6. The van der Waals surface area contributed by atoms with E-state index in [-0.39, 0.29) is 184 Å². The maximum Gasteiger partial charge on any atom is 0.255 e. The zero-order valence-corrected chi connectivity index (χ0v) is 84.0. The molecule has 5 amide bonds. The average Bonchev–Trinajstić information content (AvgIpc) is 1.73. The van der Waals surface area contributed by atoms with Gasteiger partial charge in [-0.1, -0.05) is 6.92 Å². The van der Waals surface area contributed by atoms with Crippen molar-refractivity contribution in [1.29, 1.82) is 0 Å². The largest absolute Gasteiger partial charge is 0.494 e. The minimum absolute atomic E-state index is 0.00548. The van der Waals surface area contributed by atoms with Crippen LogP contribution in [0.5, 0.6) is 34.6 Å². The topological polar surface area (TPSA) is 416 Å². The Bertz CT molecular complexity index is 6430. The molecule has 24 rings (SSSR count). The molecule has 17 aliphatic rings. The minimum Gasteiger partial charge on any atom is -0.494 e. The molecule has 0 unspecified atom stereocenters. The first-order valence-electron chi connectivity index (χ1n) is 51.4. The predicted octanol–water partition coefficient (Wildman–Crippen LogP) is 13.3. The lowest BCUT2D eigenvalue weighted by molar-refractivity contribution is -0.147. The first-order chi connectivity index (χ1) is 71.2. The number of amides is 5. The number of rotatable bonds is 23. The summed E-state index contributed by atoms with van der Waals surface area (Å²) < 4.78 is 188. The van der Waals surface area contributed by atoms with Gasteiger partial charge in [-0.3, -0.25) is 48.5 Å². The van der Waals surface area contributed by atoms with E-state index in [2.05, 4.69) is 35.0 Å². The standard InChI is InChI=1S/C25H25FN6O3.C22H26F3N3O3.C21H24F3N3O3.C20H26FN3O3.C19H24FN3O3/c1-31-23(33)19-13-21(15-3-4-15)34-14-25(19,30-24(31)27)18-12-17(5-6-20(18)26)35-22-11-16(7-9-28-22)32-10-2-8-29-32;1-28-19(29)16-7-18(13-2-3-13)31-11-22(16,27-20(28)26)15-6-14(4-5-17(15)23)30-10-12-8-21(24,25)9-12;1-27-18(28)15-7-17(11-2-3-11)29-10-21(15,26-19(27)25)14-6-12(4-5-16(14)22)30-13-8-20(23,24)9-13;1-3-8-26-13-6-7-16(21)14(9-13)20-11-27-17(12-4-5-12)10-15(20)18(25)24(2)19(22)23-20;1-3-25-12-6-7-15(20)13(8-12)19-10-26-16(11-4-5-11)9-14(19)17(24)23(2)18(21)22-19/h2,5-12,15,19,21H,3-4,13-14H2,1H3,(H2,27,30);4-6,12-13,16,18H,2-3,7-11H2,1H3,(H2,26,27);4-6,11,13,15,17H,2-3,7-10H2,1H3,(H2,25,26);6-7,9,12,15,17H,3-5,8,10-11H2,1-2H3,(H2,22,23);6-8,11,14,16H,3-5,9-10H2,1-2H3,(H2,21,22)/t19-,21+,25+;16-,18+,22+;15-,17+,21+;15-,17+,20+;14-,16+,19+/m00000/s1. The monoisotopic (exact) mass is 2070 g/mol. The first-order valence-corrected chi connectivity index (χ1v) is 51.4. The van der Waals surface area contributed by atoms with Gasteiger partial charge in [0.1, 0.15) is 91.6 Å². The van der Waals surface area contributed by atoms with Crippen LogP contribution in [0, 0.1) is 94.2 Å². The molecule has 2 aromatic heterocycles. The number of ether oxygens (including phenoxy) is 10. The smallest absolute Gasteiger partial charge is 0.255 e. The molecule has 5 aromatic carbocycles. The van der Waals surface area contributed by atoms with Gasteiger partial charge in [-0.15, -0.1) is 0 Å². The first kappa shape index (κ1) is 103. The van der Waals surface area contributed by atoms with Gasteiger partial charge in [0.2, 0.25) is 41.3 Å². The lowest BCUT2D eigenvalue weighted by atomic mass is 9.72. The van der Waals surface area contributed by atoms with Crippen LogP contribution in [0.15, 0.2) is 153 Å². The fourth-order valence-corrected chi connectivity index (χ4v) is 23.1. The molecule has 7 saturated carbocycles. The highest BCUT2D eigenvalue weighted by Crippen LogP contribution is 2.58. The van der Waals surface area contributed by atoms with E-state index in [1.54, 1.807) is 94.8 Å². The molecule has 15 atom stereocenters. The van der Waals surface area contributed by atoms with Crippen LogP contribution >= 0.6 is 0 Å². The third-order valence-electron chi connectivity index (χ3n) is 32.5. The van der Waals surface area contributed by atoms with Crippen LogP contribution in [0.25, 0.3) is 5.69 Å². The second-order valence-corrected chi connectivity index (χ2v) is 42.7. The van der Waals surface area contributed by atoms with Gasteiger partial charge in [0, 0.05) is 119 Å². The van der Waals surface area contributed by atoms with E-state index in [1.807, 2.05) is 26.1 Å². The van der Waals surface area contributed by atoms with Crippen LogP contribution in [-0.4, -0.2) is 235 Å². The fraction of sp³-hybridized carbons (Fsp3) is 0.551. The van der Waals surface area contributed by atoms with Crippen molar-refractivity contribution in [3.63, 3.8) is 0 Å². The third-order valence-corrected chi connectivity index (χ3v) is 32.5. The van der Waals surface area contributed by atoms with Crippen molar-refractivity contribution >= 4 is 59.3 Å². The zero-order chi connectivity index (χ0) is 105. The van der Waals surface area contributed by atoms with E-state index >= 15 is 13.2 Å². The van der Waals surface area contributed by atoms with Crippen molar-refractivity contribution < 1.29 is 111 Å². The SMILES string of the molecule is CCCOc1ccc(F)c([C@]23CO[C@@H](C4CC4)C[C@H]2C(=O)N(C)C(N)=N3)c1.CCOc1ccc(F)c([C@]23CO[C@@H](C4CC4)C[C@H]2C(=O)N(C)C(N)=N3)c1.CN1C(=O)[C@@H]2C[C@H](C3CC3)OC[C@]2(c2cc(OC3CC(F)(F)C3)ccc2F)N=C1N.CN1C(=O)[C@@H]2C[C@H](C3CC3)OC[C@]2(c2cc(OCC3CC(F)(F)C3)ccc2F)N=C1N.CN1C(=O)[C@@H]2C[C@H](C3CC3)OC[C@]2(c2cc(Oc3cc(-n4cccn4)ccn3)ccc2F)N=C1N. The number of fused-ring (bicyclic) bond motifs is 5. The zero-order valence-electron chi connectivity index (χ0n) is 84.0. The molecule has 33 nitrogen and oxygen atoms in total. The number of guanidine groups is 5. The highest BCUT2D eigenvalue weighted by molar-refractivity contribution is 6.03. The maximum atomic E-state index is 15.4. The summed E-state index contributed by atoms with van der Waals surface area (Å²) in [5, 5.41) is 4.22. The van der Waals surface area contributed by atoms with Crippen molar-refractivity contribution in [2.75, 3.05) is 88.1 Å². The molecule has 5 saturated heterocycles. The van der Waals surface area contributed by atoms with E-state index in [0.717, 1.165) is 76.3 Å². The van der Waals surface area contributed by atoms with E-state index in [0.29, 0.717) is 115 Å². The van der Waals surface area contributed by atoms with Crippen molar-refractivity contribution in [2.45, 2.75) is 218 Å². The number of carbonyl (C=O) groups excluding carboxylic acids is 5. The Kier molecular flexibility index (Phi) is 28.2. The van der Waals surface area contributed by atoms with Gasteiger partial charge < -0.3 is 76.0 Å². The summed E-state index contributed by atoms with van der Waals surface area (Å²) in [7, 11) is 7.95. The molecule has 42 heteroatoms. The summed E-state index contributed by atoms with van der Waals surface area (Å²) in [5.74, 6) is -6.75. The molecule has 796 valence electrons. The molecule has 0 bridgehead atoms. The second-order valence-electron chi connectivity index (χ2n) is 42.7. The van der Waals surface area contributed by atoms with Gasteiger partial charge in [0.05, 0.1) is 119 Å². The third kappa shape index (κ3) is 20.4. The van der Waals surface area contributed by atoms with E-state index < -0.39 is 104 Å². The van der Waals surface area contributed by atoms with Crippen LogP contribution in [0.4, 0.5) is 39.5 Å². The van der Waals surface area contributed by atoms with Crippen molar-refractivity contribution in [3.05, 3.63) is 185 Å². The van der Waals surface area contributed by atoms with Crippen LogP contribution < -0.4 is 52.4 Å². The van der Waals surface area contributed by atoms with Gasteiger partial charge in [-0.2, -0.15) is 5.10 Å². The molecule has 149 heavy (non-hydrogen) atoms. The normalized spacial score (nSPS) is 30.8. The molecule has 12 heterocycles. The summed E-state index contributed by atoms with van der Waals surface area (Å²) >= 11 is 0. The maximum absolute atomic E-state index is 15.4. The number of nitrogens with zero attached hydrogens (tertiary/aromatic N) is 13. The number of halogens is 9. The Labute approximate surface area is 855 Å². The number of nitrogens with two attached hydrogens (primary N) is 5. The summed E-state index contributed by atoms with van der Waals surface area (Å²) in [5.41, 5.74) is 26.0. The average molecular weight is 2070 g/mol. The van der Waals surface area contributed by atoms with Gasteiger partial charge in [0.15, 0.2) is 29.8 Å². The number of benzene rings is 5. The summed E-state index contributed by atoms with van der Waals surface area (Å²) in [6.45, 7) is 5.45. The summed E-state index contributed by atoms with van der Waals surface area (Å²) in [6, 6.07) is 27.2. The van der Waals surface area contributed by atoms with Gasteiger partial charge in [-0.05, 0) is 242 Å². The molecule has 0 spiro atoms. The van der Waals surface area contributed by atoms with E-state index in [1.165, 1.54) is 85.2 Å². The number of pyridine rings is 1. The lowest BCUT2D eigenvalue weighted by Gasteiger charge is -2.47. The van der Waals surface area contributed by atoms with Crippen molar-refractivity contribution in [1.82, 2.24) is 39.3 Å². The predicted molar refractivity (Wildman–Crippen MR) is 525 cm³/mol. The molecular formula is C107H125F9N18O15. The Balaban J connectivity index is 0.000000113.